The molecule has 2 rings (SSSR count). The maximum absolute atomic E-state index is 12.1. The van der Waals surface area contributed by atoms with Crippen LogP contribution in [0.4, 0.5) is 4.79 Å². The molecule has 2 aromatic rings. The minimum Gasteiger partial charge on any atom is -0.323 e. The molecule has 0 aliphatic heterocycles. The van der Waals surface area contributed by atoms with Gasteiger partial charge in [-0.2, -0.15) is 15.0 Å². The number of nitrogens with zero attached hydrogens (tertiary/aromatic N) is 4. The smallest absolute Gasteiger partial charge is 0.323 e. The number of amides is 1. The number of carbonyl (C=O) groups excluding carboxylic acids is 1. The molecule has 1 heterocycles. The lowest BCUT2D eigenvalue weighted by atomic mass is 10.2. The third-order valence-electron chi connectivity index (χ3n) is 3.00. The van der Waals surface area contributed by atoms with Crippen molar-refractivity contribution in [3.8, 4) is 6.07 Å². The van der Waals surface area contributed by atoms with Gasteiger partial charge in [0.15, 0.2) is 0 Å². The minimum atomic E-state index is -0.119. The summed E-state index contributed by atoms with van der Waals surface area (Å²) in [5.74, 6) is 0. The van der Waals surface area contributed by atoms with Gasteiger partial charge >= 0.3 is 6.03 Å². The first-order chi connectivity index (χ1) is 10.2. The molecule has 0 bridgehead atoms. The Morgan fingerprint density at radius 1 is 1.29 bits per heavy atom. The van der Waals surface area contributed by atoms with Gasteiger partial charge in [-0.15, -0.1) is 0 Å². The summed E-state index contributed by atoms with van der Waals surface area (Å²) in [4.78, 5) is 14.8. The largest absolute Gasteiger partial charge is 0.344 e. The van der Waals surface area contributed by atoms with Gasteiger partial charge in [0.25, 0.3) is 0 Å². The molecule has 5 nitrogen and oxygen atoms in total. The van der Waals surface area contributed by atoms with E-state index in [9.17, 15) is 4.79 Å². The standard InChI is InChI=1S/C15H16N4OS/c1-3-18(4-2)15(20)19-10-9-14(17-19)21-13-7-5-12(11-16)6-8-13/h5-10H,3-4H2,1-2H3. The number of carbonyl (C=O) groups is 1. The van der Waals surface area contributed by atoms with E-state index in [1.807, 2.05) is 32.0 Å². The summed E-state index contributed by atoms with van der Waals surface area (Å²) >= 11 is 1.46. The van der Waals surface area contributed by atoms with Crippen LogP contribution in [0.2, 0.25) is 0 Å². The Bertz CT molecular complexity index is 653. The third kappa shape index (κ3) is 3.64. The van der Waals surface area contributed by atoms with Gasteiger partial charge in [0.2, 0.25) is 0 Å². The second kappa shape index (κ2) is 6.95. The zero-order chi connectivity index (χ0) is 15.2. The van der Waals surface area contributed by atoms with Crippen LogP contribution >= 0.6 is 11.8 Å². The monoisotopic (exact) mass is 300 g/mol. The summed E-state index contributed by atoms with van der Waals surface area (Å²) in [5, 5.41) is 13.8. The van der Waals surface area contributed by atoms with Gasteiger partial charge in [-0.3, -0.25) is 0 Å². The van der Waals surface area contributed by atoms with Gasteiger partial charge in [-0.25, -0.2) is 4.79 Å². The van der Waals surface area contributed by atoms with Crippen LogP contribution in [0.5, 0.6) is 0 Å². The fourth-order valence-corrected chi connectivity index (χ4v) is 2.60. The summed E-state index contributed by atoms with van der Waals surface area (Å²) in [7, 11) is 0. The predicted octanol–water partition coefficient (Wildman–Crippen LogP) is 3.22. The van der Waals surface area contributed by atoms with Crippen LogP contribution in [0.25, 0.3) is 0 Å². The normalized spacial score (nSPS) is 10.1. The number of hydrogen-bond donors (Lipinski definition) is 0. The Morgan fingerprint density at radius 3 is 2.52 bits per heavy atom. The van der Waals surface area contributed by atoms with E-state index in [2.05, 4.69) is 11.2 Å². The van der Waals surface area contributed by atoms with Crippen LogP contribution < -0.4 is 0 Å². The molecule has 0 unspecified atom stereocenters. The van der Waals surface area contributed by atoms with Crippen LogP contribution in [-0.2, 0) is 0 Å². The molecule has 0 atom stereocenters. The second-order valence-corrected chi connectivity index (χ2v) is 5.39. The molecule has 0 N–H and O–H groups in total. The number of rotatable bonds is 4. The maximum Gasteiger partial charge on any atom is 0.344 e. The lowest BCUT2D eigenvalue weighted by molar-refractivity contribution is 0.201. The van der Waals surface area contributed by atoms with Gasteiger partial charge in [0.05, 0.1) is 11.6 Å². The van der Waals surface area contributed by atoms with E-state index in [-0.39, 0.29) is 6.03 Å². The Kier molecular flexibility index (Phi) is 5.01. The van der Waals surface area contributed by atoms with Crippen LogP contribution in [0, 0.1) is 11.3 Å². The van der Waals surface area contributed by atoms with E-state index in [4.69, 9.17) is 5.26 Å². The van der Waals surface area contributed by atoms with E-state index in [0.717, 1.165) is 9.92 Å². The van der Waals surface area contributed by atoms with Crippen molar-refractivity contribution in [2.24, 2.45) is 0 Å². The van der Waals surface area contributed by atoms with Gasteiger partial charge in [-0.05, 0) is 44.2 Å². The molecule has 0 saturated heterocycles. The zero-order valence-corrected chi connectivity index (χ0v) is 12.8. The van der Waals surface area contributed by atoms with E-state index in [0.29, 0.717) is 18.7 Å². The first kappa shape index (κ1) is 15.1. The Balaban J connectivity index is 2.09. The number of hydrogen-bond acceptors (Lipinski definition) is 4. The fourth-order valence-electron chi connectivity index (χ4n) is 1.83. The highest BCUT2D eigenvalue weighted by Crippen LogP contribution is 2.26. The van der Waals surface area contributed by atoms with Crippen molar-refractivity contribution in [1.82, 2.24) is 14.7 Å². The summed E-state index contributed by atoms with van der Waals surface area (Å²) in [5.41, 5.74) is 0.626. The molecule has 1 amide bonds. The number of nitriles is 1. The molecule has 108 valence electrons. The first-order valence-electron chi connectivity index (χ1n) is 6.71. The van der Waals surface area contributed by atoms with E-state index in [1.165, 1.54) is 16.4 Å². The minimum absolute atomic E-state index is 0.119. The SMILES string of the molecule is CCN(CC)C(=O)n1ccc(Sc2ccc(C#N)cc2)n1. The van der Waals surface area contributed by atoms with Gasteiger partial charge < -0.3 is 4.90 Å². The molecule has 1 aromatic carbocycles. The summed E-state index contributed by atoms with van der Waals surface area (Å²) < 4.78 is 1.36. The average molecular weight is 300 g/mol. The Morgan fingerprint density at radius 2 is 1.95 bits per heavy atom. The summed E-state index contributed by atoms with van der Waals surface area (Å²) in [6.45, 7) is 5.20. The number of aromatic nitrogens is 2. The van der Waals surface area contributed by atoms with Crippen molar-refractivity contribution in [2.75, 3.05) is 13.1 Å². The average Bonchev–Trinajstić information content (AvgIpc) is 2.97. The molecular weight excluding hydrogens is 284 g/mol. The van der Waals surface area contributed by atoms with Crippen LogP contribution in [0.15, 0.2) is 46.5 Å². The van der Waals surface area contributed by atoms with Crippen molar-refractivity contribution >= 4 is 17.8 Å². The highest BCUT2D eigenvalue weighted by molar-refractivity contribution is 7.99. The van der Waals surface area contributed by atoms with Crippen LogP contribution in [-0.4, -0.2) is 33.8 Å². The van der Waals surface area contributed by atoms with Gasteiger partial charge in [0.1, 0.15) is 5.03 Å². The molecule has 0 fully saturated rings. The van der Waals surface area contributed by atoms with Crippen molar-refractivity contribution in [2.45, 2.75) is 23.8 Å². The second-order valence-electron chi connectivity index (χ2n) is 4.29. The van der Waals surface area contributed by atoms with Crippen molar-refractivity contribution in [3.63, 3.8) is 0 Å². The van der Waals surface area contributed by atoms with E-state index < -0.39 is 0 Å². The molecular formula is C15H16N4OS. The van der Waals surface area contributed by atoms with Crippen molar-refractivity contribution in [3.05, 3.63) is 42.1 Å². The molecule has 0 aliphatic rings. The molecule has 0 saturated carbocycles. The Labute approximate surface area is 128 Å². The fraction of sp³-hybridized carbons (Fsp3) is 0.267. The lowest BCUT2D eigenvalue weighted by Gasteiger charge is -2.17. The van der Waals surface area contributed by atoms with Crippen LogP contribution in [0.3, 0.4) is 0 Å². The predicted molar refractivity (Wildman–Crippen MR) is 81.2 cm³/mol. The number of benzene rings is 1. The molecule has 0 radical (unpaired) electrons. The van der Waals surface area contributed by atoms with Crippen molar-refractivity contribution < 1.29 is 4.79 Å². The molecule has 0 aliphatic carbocycles. The highest BCUT2D eigenvalue weighted by Gasteiger charge is 2.13. The summed E-state index contributed by atoms with van der Waals surface area (Å²) in [6, 6.07) is 11.0. The lowest BCUT2D eigenvalue weighted by Crippen LogP contribution is -2.34. The van der Waals surface area contributed by atoms with Gasteiger partial charge in [-0.1, -0.05) is 11.8 Å². The van der Waals surface area contributed by atoms with Crippen molar-refractivity contribution in [1.29, 1.82) is 5.26 Å². The molecule has 0 spiro atoms. The quantitative estimate of drug-likeness (QED) is 0.869. The Hall–Kier alpha value is -2.26. The highest BCUT2D eigenvalue weighted by atomic mass is 32.2. The first-order valence-corrected chi connectivity index (χ1v) is 7.52. The summed E-state index contributed by atoms with van der Waals surface area (Å²) in [6.07, 6.45) is 1.67. The molecule has 21 heavy (non-hydrogen) atoms. The molecule has 6 heteroatoms. The van der Waals surface area contributed by atoms with Gasteiger partial charge in [0, 0.05) is 24.2 Å². The maximum atomic E-state index is 12.1. The zero-order valence-electron chi connectivity index (χ0n) is 12.0. The van der Waals surface area contributed by atoms with E-state index in [1.54, 1.807) is 23.2 Å². The molecule has 1 aromatic heterocycles. The third-order valence-corrected chi connectivity index (χ3v) is 3.94. The van der Waals surface area contributed by atoms with Crippen LogP contribution in [0.1, 0.15) is 19.4 Å². The topological polar surface area (TPSA) is 61.9 Å². The van der Waals surface area contributed by atoms with E-state index >= 15 is 0 Å².